The highest BCUT2D eigenvalue weighted by Gasteiger charge is 2.19. The number of hydrogen-bond donors (Lipinski definition) is 2. The van der Waals surface area contributed by atoms with Crippen LogP contribution in [-0.2, 0) is 4.74 Å². The number of carboxylic acid groups (broad SMARTS) is 1. The van der Waals surface area contributed by atoms with Crippen LogP contribution in [0.1, 0.15) is 10.4 Å². The zero-order valence-corrected chi connectivity index (χ0v) is 9.91. The number of anilines is 1. The Labute approximate surface area is 106 Å². The van der Waals surface area contributed by atoms with Crippen molar-refractivity contribution in [1.82, 2.24) is 4.57 Å². The quantitative estimate of drug-likeness (QED) is 0.738. The Balaban J connectivity index is 3.02. The summed E-state index contributed by atoms with van der Waals surface area (Å²) in [5.74, 6) is -1.44. The van der Waals surface area contributed by atoms with E-state index < -0.39 is 23.2 Å². The first kappa shape index (κ1) is 12.6. The van der Waals surface area contributed by atoms with Crippen LogP contribution in [0.3, 0.4) is 0 Å². The van der Waals surface area contributed by atoms with E-state index in [1.54, 1.807) is 12.1 Å². The summed E-state index contributed by atoms with van der Waals surface area (Å²) in [7, 11) is 1.10. The van der Waals surface area contributed by atoms with Gasteiger partial charge < -0.3 is 15.6 Å². The van der Waals surface area contributed by atoms with Crippen molar-refractivity contribution in [2.75, 3.05) is 12.8 Å². The van der Waals surface area contributed by atoms with Crippen molar-refractivity contribution in [3.8, 4) is 0 Å². The van der Waals surface area contributed by atoms with E-state index in [0.717, 1.165) is 13.2 Å². The molecule has 3 N–H and O–H groups in total. The van der Waals surface area contributed by atoms with Crippen molar-refractivity contribution < 1.29 is 19.4 Å². The lowest BCUT2D eigenvalue weighted by molar-refractivity contribution is 0.0695. The van der Waals surface area contributed by atoms with Gasteiger partial charge in [0.25, 0.3) is 5.56 Å². The Hall–Kier alpha value is -2.83. The molecule has 0 amide bonds. The van der Waals surface area contributed by atoms with Crippen LogP contribution in [-0.4, -0.2) is 28.8 Å². The summed E-state index contributed by atoms with van der Waals surface area (Å²) in [6, 6.07) is 5.72. The highest BCUT2D eigenvalue weighted by Crippen LogP contribution is 2.20. The molecule has 0 saturated carbocycles. The number of aromatic carboxylic acids is 1. The first-order valence-electron chi connectivity index (χ1n) is 5.23. The largest absolute Gasteiger partial charge is 0.477 e. The Morgan fingerprint density at radius 3 is 2.63 bits per heavy atom. The minimum Gasteiger partial charge on any atom is -0.477 e. The van der Waals surface area contributed by atoms with E-state index in [1.807, 2.05) is 0 Å². The maximum atomic E-state index is 12.0. The molecule has 0 fully saturated rings. The van der Waals surface area contributed by atoms with E-state index in [1.165, 1.54) is 6.07 Å². The molecule has 0 radical (unpaired) electrons. The van der Waals surface area contributed by atoms with E-state index in [2.05, 4.69) is 4.74 Å². The molecule has 0 aliphatic rings. The first-order valence-corrected chi connectivity index (χ1v) is 5.23. The summed E-state index contributed by atoms with van der Waals surface area (Å²) in [5, 5.41) is 9.28. The van der Waals surface area contributed by atoms with Crippen LogP contribution < -0.4 is 11.3 Å². The van der Waals surface area contributed by atoms with Crippen LogP contribution in [0, 0.1) is 0 Å². The average molecular weight is 262 g/mol. The fourth-order valence-electron chi connectivity index (χ4n) is 1.78. The van der Waals surface area contributed by atoms with E-state index in [0.29, 0.717) is 9.95 Å². The molecule has 0 saturated heterocycles. The lowest BCUT2D eigenvalue weighted by Crippen LogP contribution is -2.31. The number of aromatic nitrogens is 1. The number of carbonyl (C=O) groups is 2. The number of carbonyl (C=O) groups excluding carboxylic acids is 1. The van der Waals surface area contributed by atoms with Gasteiger partial charge in [-0.15, -0.1) is 0 Å². The first-order chi connectivity index (χ1) is 8.97. The number of nitrogens with zero attached hydrogens (tertiary/aromatic N) is 1. The Kier molecular flexibility index (Phi) is 2.95. The lowest BCUT2D eigenvalue weighted by Gasteiger charge is -2.10. The highest BCUT2D eigenvalue weighted by atomic mass is 16.5. The summed E-state index contributed by atoms with van der Waals surface area (Å²) in [5.41, 5.74) is 4.68. The molecule has 0 unspecified atom stereocenters. The Morgan fingerprint density at radius 2 is 2.05 bits per heavy atom. The normalized spacial score (nSPS) is 10.4. The van der Waals surface area contributed by atoms with Crippen molar-refractivity contribution >= 4 is 28.7 Å². The van der Waals surface area contributed by atoms with Gasteiger partial charge in [0, 0.05) is 11.1 Å². The number of ether oxygens (including phenoxy) is 1. The summed E-state index contributed by atoms with van der Waals surface area (Å²) < 4.78 is 5.14. The minimum absolute atomic E-state index is 0.196. The summed E-state index contributed by atoms with van der Waals surface area (Å²) in [6.07, 6.45) is -0.969. The molecular weight excluding hydrogens is 252 g/mol. The molecule has 0 atom stereocenters. The molecule has 1 heterocycles. The zero-order valence-electron chi connectivity index (χ0n) is 9.91. The third-order valence-electron chi connectivity index (χ3n) is 2.67. The van der Waals surface area contributed by atoms with Crippen molar-refractivity contribution in [2.24, 2.45) is 0 Å². The number of pyridine rings is 1. The molecule has 1 aromatic heterocycles. The van der Waals surface area contributed by atoms with Crippen LogP contribution in [0.4, 0.5) is 10.5 Å². The molecule has 19 heavy (non-hydrogen) atoms. The monoisotopic (exact) mass is 262 g/mol. The van der Waals surface area contributed by atoms with E-state index in [-0.39, 0.29) is 11.2 Å². The smallest absolute Gasteiger partial charge is 0.421 e. The number of carboxylic acids is 1. The number of methoxy groups -OCH3 is 1. The van der Waals surface area contributed by atoms with Gasteiger partial charge in [0.15, 0.2) is 0 Å². The topological polar surface area (TPSA) is 112 Å². The van der Waals surface area contributed by atoms with Crippen molar-refractivity contribution in [3.05, 3.63) is 40.2 Å². The SMILES string of the molecule is COC(=O)n1c(=O)c(C(=O)O)cc2c(N)cccc21. The maximum absolute atomic E-state index is 12.0. The predicted molar refractivity (Wildman–Crippen MR) is 67.4 cm³/mol. The van der Waals surface area contributed by atoms with Gasteiger partial charge in [0.2, 0.25) is 0 Å². The van der Waals surface area contributed by atoms with E-state index >= 15 is 0 Å². The third-order valence-corrected chi connectivity index (χ3v) is 2.67. The van der Waals surface area contributed by atoms with Gasteiger partial charge in [-0.3, -0.25) is 4.79 Å². The number of hydrogen-bond acceptors (Lipinski definition) is 5. The minimum atomic E-state index is -1.44. The lowest BCUT2D eigenvalue weighted by atomic mass is 10.1. The van der Waals surface area contributed by atoms with E-state index in [9.17, 15) is 14.4 Å². The molecule has 0 aliphatic carbocycles. The molecular formula is C12H10N2O5. The van der Waals surface area contributed by atoms with Crippen molar-refractivity contribution in [1.29, 1.82) is 0 Å². The Bertz CT molecular complexity index is 748. The zero-order chi connectivity index (χ0) is 14.2. The van der Waals surface area contributed by atoms with Gasteiger partial charge in [-0.05, 0) is 18.2 Å². The fraction of sp³-hybridized carbons (Fsp3) is 0.0833. The van der Waals surface area contributed by atoms with Gasteiger partial charge in [-0.1, -0.05) is 6.07 Å². The fourth-order valence-corrected chi connectivity index (χ4v) is 1.78. The van der Waals surface area contributed by atoms with E-state index in [4.69, 9.17) is 10.8 Å². The molecule has 0 spiro atoms. The number of nitrogen functional groups attached to an aromatic ring is 1. The number of fused-ring (bicyclic) bond motifs is 1. The van der Waals surface area contributed by atoms with Crippen LogP contribution in [0.15, 0.2) is 29.1 Å². The van der Waals surface area contributed by atoms with Crippen molar-refractivity contribution in [3.63, 3.8) is 0 Å². The predicted octanol–water partition coefficient (Wildman–Crippen LogP) is 0.896. The maximum Gasteiger partial charge on any atom is 0.421 e. The number of benzene rings is 1. The summed E-state index contributed by atoms with van der Waals surface area (Å²) in [6.45, 7) is 0. The number of rotatable bonds is 1. The van der Waals surface area contributed by atoms with Crippen LogP contribution in [0.2, 0.25) is 0 Å². The second-order valence-electron chi connectivity index (χ2n) is 3.75. The second kappa shape index (κ2) is 4.45. The summed E-state index contributed by atoms with van der Waals surface area (Å²) >= 11 is 0. The molecule has 98 valence electrons. The second-order valence-corrected chi connectivity index (χ2v) is 3.75. The average Bonchev–Trinajstić information content (AvgIpc) is 2.37. The summed E-state index contributed by atoms with van der Waals surface area (Å²) in [4.78, 5) is 34.7. The molecule has 2 rings (SSSR count). The molecule has 2 aromatic rings. The standard InChI is InChI=1S/C12H10N2O5/c1-19-12(18)14-9-4-2-3-8(13)6(9)5-7(10(14)15)11(16)17/h2-5H,13H2,1H3,(H,16,17). The molecule has 0 bridgehead atoms. The van der Waals surface area contributed by atoms with Gasteiger partial charge in [-0.25, -0.2) is 14.2 Å². The van der Waals surface area contributed by atoms with Crippen LogP contribution in [0.25, 0.3) is 10.9 Å². The van der Waals surface area contributed by atoms with Gasteiger partial charge in [0.1, 0.15) is 5.56 Å². The molecule has 7 heteroatoms. The van der Waals surface area contributed by atoms with Gasteiger partial charge in [-0.2, -0.15) is 0 Å². The van der Waals surface area contributed by atoms with Crippen molar-refractivity contribution in [2.45, 2.75) is 0 Å². The molecule has 1 aromatic carbocycles. The highest BCUT2D eigenvalue weighted by molar-refractivity contribution is 6.00. The molecule has 7 nitrogen and oxygen atoms in total. The number of nitrogens with two attached hydrogens (primary N) is 1. The van der Waals surface area contributed by atoms with Gasteiger partial charge in [0.05, 0.1) is 12.6 Å². The van der Waals surface area contributed by atoms with Crippen LogP contribution >= 0.6 is 0 Å². The molecule has 0 aliphatic heterocycles. The third kappa shape index (κ3) is 1.90. The Morgan fingerprint density at radius 1 is 1.37 bits per heavy atom. The van der Waals surface area contributed by atoms with Gasteiger partial charge >= 0.3 is 12.1 Å². The van der Waals surface area contributed by atoms with Crippen LogP contribution in [0.5, 0.6) is 0 Å².